The molecular formula is C16H14BrCl2NO. The van der Waals surface area contributed by atoms with Crippen molar-refractivity contribution in [2.24, 2.45) is 0 Å². The predicted octanol–water partition coefficient (Wildman–Crippen LogP) is 5.59. The summed E-state index contributed by atoms with van der Waals surface area (Å²) in [5.74, 6) is -0.0778. The maximum Gasteiger partial charge on any atom is 0.255 e. The summed E-state index contributed by atoms with van der Waals surface area (Å²) in [6, 6.07) is 12.6. The van der Waals surface area contributed by atoms with Crippen molar-refractivity contribution < 1.29 is 4.79 Å². The third kappa shape index (κ3) is 3.79. The van der Waals surface area contributed by atoms with Crippen LogP contribution in [0.4, 0.5) is 0 Å². The number of nitrogens with zero attached hydrogens (tertiary/aromatic N) is 1. The number of hydrogen-bond acceptors (Lipinski definition) is 1. The van der Waals surface area contributed by atoms with E-state index in [4.69, 9.17) is 23.2 Å². The molecule has 0 saturated carbocycles. The van der Waals surface area contributed by atoms with Crippen LogP contribution in [0.3, 0.4) is 0 Å². The van der Waals surface area contributed by atoms with Gasteiger partial charge in [0.15, 0.2) is 0 Å². The molecular weight excluding hydrogens is 373 g/mol. The Bertz CT molecular complexity index is 675. The van der Waals surface area contributed by atoms with Crippen molar-refractivity contribution >= 4 is 45.0 Å². The van der Waals surface area contributed by atoms with Crippen molar-refractivity contribution in [2.45, 2.75) is 13.0 Å². The molecule has 0 saturated heterocycles. The van der Waals surface area contributed by atoms with E-state index in [2.05, 4.69) is 15.9 Å². The number of halogens is 3. The van der Waals surface area contributed by atoms with Crippen LogP contribution in [0.2, 0.25) is 10.0 Å². The minimum absolute atomic E-state index is 0.0778. The first-order chi connectivity index (χ1) is 9.90. The highest BCUT2D eigenvalue weighted by Gasteiger charge is 2.21. The first kappa shape index (κ1) is 16.3. The highest BCUT2D eigenvalue weighted by atomic mass is 79.9. The number of hydrogen-bond donors (Lipinski definition) is 0. The van der Waals surface area contributed by atoms with Crippen LogP contribution in [0.25, 0.3) is 0 Å². The van der Waals surface area contributed by atoms with Crippen LogP contribution in [-0.2, 0) is 0 Å². The van der Waals surface area contributed by atoms with Crippen molar-refractivity contribution in [3.05, 3.63) is 68.1 Å². The van der Waals surface area contributed by atoms with Gasteiger partial charge in [-0.3, -0.25) is 4.79 Å². The fraction of sp³-hybridized carbons (Fsp3) is 0.188. The Kier molecular flexibility index (Phi) is 5.31. The quantitative estimate of drug-likeness (QED) is 0.673. The fourth-order valence-electron chi connectivity index (χ4n) is 2.02. The summed E-state index contributed by atoms with van der Waals surface area (Å²) in [6.45, 7) is 1.97. The average Bonchev–Trinajstić information content (AvgIpc) is 2.45. The number of benzene rings is 2. The van der Waals surface area contributed by atoms with E-state index in [-0.39, 0.29) is 11.9 Å². The molecule has 1 amide bonds. The van der Waals surface area contributed by atoms with E-state index in [1.807, 2.05) is 31.2 Å². The molecule has 0 aliphatic rings. The molecule has 0 bridgehead atoms. The standard InChI is InChI=1S/C16H14BrCl2NO/c1-10(11-4-3-5-12(18)8-11)20(2)16(21)14-7-6-13(19)9-15(14)17/h3-10H,1-2H3. The molecule has 2 nitrogen and oxygen atoms in total. The summed E-state index contributed by atoms with van der Waals surface area (Å²) in [4.78, 5) is 14.3. The molecule has 2 aromatic rings. The Labute approximate surface area is 142 Å². The van der Waals surface area contributed by atoms with Crippen LogP contribution in [0.15, 0.2) is 46.9 Å². The van der Waals surface area contributed by atoms with E-state index in [9.17, 15) is 4.79 Å². The highest BCUT2D eigenvalue weighted by Crippen LogP contribution is 2.27. The zero-order valence-electron chi connectivity index (χ0n) is 11.6. The lowest BCUT2D eigenvalue weighted by Gasteiger charge is -2.26. The Hall–Kier alpha value is -1.03. The minimum atomic E-state index is -0.0845. The lowest BCUT2D eigenvalue weighted by molar-refractivity contribution is 0.0741. The monoisotopic (exact) mass is 385 g/mol. The van der Waals surface area contributed by atoms with E-state index < -0.39 is 0 Å². The van der Waals surface area contributed by atoms with Gasteiger partial charge in [-0.25, -0.2) is 0 Å². The fourth-order valence-corrected chi connectivity index (χ4v) is 3.07. The number of carbonyl (C=O) groups excluding carboxylic acids is 1. The Balaban J connectivity index is 2.26. The van der Waals surface area contributed by atoms with Crippen LogP contribution in [0.5, 0.6) is 0 Å². The van der Waals surface area contributed by atoms with Crippen LogP contribution < -0.4 is 0 Å². The van der Waals surface area contributed by atoms with Crippen molar-refractivity contribution in [3.63, 3.8) is 0 Å². The van der Waals surface area contributed by atoms with Gasteiger partial charge < -0.3 is 4.90 Å². The Morgan fingerprint density at radius 2 is 1.81 bits per heavy atom. The van der Waals surface area contributed by atoms with E-state index in [0.29, 0.717) is 20.1 Å². The summed E-state index contributed by atoms with van der Waals surface area (Å²) < 4.78 is 0.685. The maximum atomic E-state index is 12.6. The molecule has 2 aromatic carbocycles. The third-order valence-electron chi connectivity index (χ3n) is 3.39. The van der Waals surface area contributed by atoms with E-state index in [1.54, 1.807) is 30.1 Å². The van der Waals surface area contributed by atoms with Crippen molar-refractivity contribution in [1.29, 1.82) is 0 Å². The molecule has 0 heterocycles. The molecule has 21 heavy (non-hydrogen) atoms. The number of rotatable bonds is 3. The summed E-state index contributed by atoms with van der Waals surface area (Å²) in [5.41, 5.74) is 1.57. The van der Waals surface area contributed by atoms with Crippen molar-refractivity contribution in [2.75, 3.05) is 7.05 Å². The summed E-state index contributed by atoms with van der Waals surface area (Å²) in [6.07, 6.45) is 0. The zero-order chi connectivity index (χ0) is 15.6. The second-order valence-corrected chi connectivity index (χ2v) is 6.50. The predicted molar refractivity (Wildman–Crippen MR) is 91.1 cm³/mol. The molecule has 110 valence electrons. The van der Waals surface area contributed by atoms with Gasteiger partial charge in [0, 0.05) is 21.6 Å². The highest BCUT2D eigenvalue weighted by molar-refractivity contribution is 9.10. The maximum absolute atomic E-state index is 12.6. The van der Waals surface area contributed by atoms with Gasteiger partial charge in [0.05, 0.1) is 11.6 Å². The molecule has 0 spiro atoms. The van der Waals surface area contributed by atoms with Gasteiger partial charge in [0.1, 0.15) is 0 Å². The van der Waals surface area contributed by atoms with Gasteiger partial charge in [-0.1, -0.05) is 35.3 Å². The lowest BCUT2D eigenvalue weighted by atomic mass is 10.1. The molecule has 5 heteroatoms. The van der Waals surface area contributed by atoms with E-state index in [0.717, 1.165) is 5.56 Å². The third-order valence-corrected chi connectivity index (χ3v) is 4.52. The molecule has 0 aliphatic carbocycles. The van der Waals surface area contributed by atoms with Gasteiger partial charge in [-0.15, -0.1) is 0 Å². The minimum Gasteiger partial charge on any atom is -0.335 e. The number of carbonyl (C=O) groups is 1. The SMILES string of the molecule is CC(c1cccc(Cl)c1)N(C)C(=O)c1ccc(Cl)cc1Br. The Morgan fingerprint density at radius 3 is 2.43 bits per heavy atom. The second kappa shape index (κ2) is 6.82. The second-order valence-electron chi connectivity index (χ2n) is 4.77. The zero-order valence-corrected chi connectivity index (χ0v) is 14.7. The molecule has 0 aromatic heterocycles. The van der Waals surface area contributed by atoms with Crippen LogP contribution >= 0.6 is 39.1 Å². The smallest absolute Gasteiger partial charge is 0.255 e. The van der Waals surface area contributed by atoms with Gasteiger partial charge in [-0.2, -0.15) is 0 Å². The van der Waals surface area contributed by atoms with Gasteiger partial charge >= 0.3 is 0 Å². The van der Waals surface area contributed by atoms with Crippen molar-refractivity contribution in [1.82, 2.24) is 4.90 Å². The van der Waals surface area contributed by atoms with Crippen LogP contribution in [-0.4, -0.2) is 17.9 Å². The first-order valence-electron chi connectivity index (χ1n) is 6.38. The van der Waals surface area contributed by atoms with E-state index >= 15 is 0 Å². The summed E-state index contributed by atoms with van der Waals surface area (Å²) >= 11 is 15.3. The summed E-state index contributed by atoms with van der Waals surface area (Å²) in [5, 5.41) is 1.25. The average molecular weight is 387 g/mol. The molecule has 1 atom stereocenters. The van der Waals surface area contributed by atoms with E-state index in [1.165, 1.54) is 0 Å². The topological polar surface area (TPSA) is 20.3 Å². The molecule has 0 radical (unpaired) electrons. The van der Waals surface area contributed by atoms with Gasteiger partial charge in [0.25, 0.3) is 5.91 Å². The molecule has 0 fully saturated rings. The first-order valence-corrected chi connectivity index (χ1v) is 7.92. The largest absolute Gasteiger partial charge is 0.335 e. The Morgan fingerprint density at radius 1 is 1.14 bits per heavy atom. The molecule has 2 rings (SSSR count). The van der Waals surface area contributed by atoms with Gasteiger partial charge in [-0.05, 0) is 58.7 Å². The van der Waals surface area contributed by atoms with Crippen LogP contribution in [0.1, 0.15) is 28.9 Å². The molecule has 0 N–H and O–H groups in total. The van der Waals surface area contributed by atoms with Gasteiger partial charge in [0.2, 0.25) is 0 Å². The molecule has 0 aliphatic heterocycles. The van der Waals surface area contributed by atoms with Crippen molar-refractivity contribution in [3.8, 4) is 0 Å². The molecule has 1 unspecified atom stereocenters. The normalized spacial score (nSPS) is 12.0. The summed E-state index contributed by atoms with van der Waals surface area (Å²) in [7, 11) is 1.77. The van der Waals surface area contributed by atoms with Crippen LogP contribution in [0, 0.1) is 0 Å². The lowest BCUT2D eigenvalue weighted by Crippen LogP contribution is -2.29. The number of amides is 1.